The van der Waals surface area contributed by atoms with E-state index in [-0.39, 0.29) is 0 Å². The van der Waals surface area contributed by atoms with Crippen molar-refractivity contribution in [3.63, 3.8) is 0 Å². The van der Waals surface area contributed by atoms with Crippen LogP contribution in [0.5, 0.6) is 0 Å². The lowest BCUT2D eigenvalue weighted by Gasteiger charge is -1.99. The van der Waals surface area contributed by atoms with Crippen LogP contribution in [0.3, 0.4) is 0 Å². The highest BCUT2D eigenvalue weighted by atomic mass is 127. The van der Waals surface area contributed by atoms with Crippen molar-refractivity contribution < 1.29 is 4.42 Å². The lowest BCUT2D eigenvalue weighted by Crippen LogP contribution is -2.17. The first-order valence-corrected chi connectivity index (χ1v) is 8.07. The maximum atomic E-state index is 5.66. The van der Waals surface area contributed by atoms with Crippen LogP contribution in [0.1, 0.15) is 25.2 Å². The third kappa shape index (κ3) is 3.30. The van der Waals surface area contributed by atoms with E-state index in [9.17, 15) is 0 Å². The fourth-order valence-corrected chi connectivity index (χ4v) is 3.05. The predicted molar refractivity (Wildman–Crippen MR) is 79.7 cm³/mol. The number of hydrogen-bond acceptors (Lipinski definition) is 5. The van der Waals surface area contributed by atoms with Crippen LogP contribution >= 0.6 is 33.9 Å². The molecule has 0 bridgehead atoms. The van der Waals surface area contributed by atoms with E-state index in [1.54, 1.807) is 11.3 Å². The molecule has 1 fully saturated rings. The van der Waals surface area contributed by atoms with Crippen molar-refractivity contribution in [1.82, 2.24) is 15.5 Å². The first-order valence-electron chi connectivity index (χ1n) is 6.11. The summed E-state index contributed by atoms with van der Waals surface area (Å²) in [5, 5.41) is 13.7. The van der Waals surface area contributed by atoms with Crippen LogP contribution in [0.15, 0.2) is 15.9 Å². The van der Waals surface area contributed by atoms with Crippen molar-refractivity contribution in [2.75, 3.05) is 6.54 Å². The van der Waals surface area contributed by atoms with Crippen LogP contribution < -0.4 is 5.32 Å². The molecule has 2 heterocycles. The van der Waals surface area contributed by atoms with E-state index < -0.39 is 0 Å². The number of nitrogens with one attached hydrogen (secondary N) is 1. The van der Waals surface area contributed by atoms with E-state index in [0.717, 1.165) is 36.9 Å². The van der Waals surface area contributed by atoms with Crippen molar-refractivity contribution in [3.05, 3.63) is 20.2 Å². The summed E-state index contributed by atoms with van der Waals surface area (Å²) in [5.74, 6) is 1.38. The summed E-state index contributed by atoms with van der Waals surface area (Å²) < 4.78 is 6.89. The van der Waals surface area contributed by atoms with Gasteiger partial charge in [0.15, 0.2) is 0 Å². The second-order valence-corrected chi connectivity index (χ2v) is 7.28. The van der Waals surface area contributed by atoms with Crippen LogP contribution in [-0.4, -0.2) is 22.8 Å². The summed E-state index contributed by atoms with van der Waals surface area (Å²) >= 11 is 3.98. The summed E-state index contributed by atoms with van der Waals surface area (Å²) in [6.45, 7) is 1.04. The van der Waals surface area contributed by atoms with Crippen molar-refractivity contribution >= 4 is 33.9 Å². The minimum atomic E-state index is 0.638. The Morgan fingerprint density at radius 3 is 3.06 bits per heavy atom. The molecule has 0 amide bonds. The summed E-state index contributed by atoms with van der Waals surface area (Å²) in [7, 11) is 0. The molecule has 3 rings (SSSR count). The number of hydrogen-bond donors (Lipinski definition) is 1. The molecule has 96 valence electrons. The Kier molecular flexibility index (Phi) is 3.95. The molecule has 1 aliphatic carbocycles. The normalized spacial score (nSPS) is 15.2. The fourth-order valence-electron chi connectivity index (χ4n) is 1.73. The zero-order chi connectivity index (χ0) is 12.4. The Morgan fingerprint density at radius 1 is 1.44 bits per heavy atom. The van der Waals surface area contributed by atoms with Gasteiger partial charge in [0.1, 0.15) is 0 Å². The number of nitrogens with zero attached hydrogens (tertiary/aromatic N) is 2. The van der Waals surface area contributed by atoms with Gasteiger partial charge in [0.05, 0.1) is 8.45 Å². The van der Waals surface area contributed by atoms with Crippen LogP contribution in [0.2, 0.25) is 0 Å². The second kappa shape index (κ2) is 5.66. The van der Waals surface area contributed by atoms with E-state index >= 15 is 0 Å². The van der Waals surface area contributed by atoms with Crippen LogP contribution in [0, 0.1) is 2.88 Å². The van der Waals surface area contributed by atoms with Gasteiger partial charge in [-0.2, -0.15) is 0 Å². The predicted octanol–water partition coefficient (Wildman–Crippen LogP) is 3.09. The lowest BCUT2D eigenvalue weighted by molar-refractivity contribution is 0.491. The van der Waals surface area contributed by atoms with Gasteiger partial charge < -0.3 is 9.73 Å². The number of aryl methyl sites for hydroxylation is 1. The molecule has 1 saturated carbocycles. The molecule has 0 radical (unpaired) electrons. The first-order chi connectivity index (χ1) is 8.81. The molecular formula is C12H14IN3OS. The number of rotatable bonds is 6. The number of aromatic nitrogens is 2. The SMILES string of the molecule is Ic1cc(-c2nnc(CCCNC3CC3)o2)cs1. The monoisotopic (exact) mass is 375 g/mol. The van der Waals surface area contributed by atoms with Crippen LogP contribution in [0.25, 0.3) is 11.5 Å². The third-order valence-corrected chi connectivity index (χ3v) is 4.65. The van der Waals surface area contributed by atoms with Gasteiger partial charge in [-0.15, -0.1) is 21.5 Å². The highest BCUT2D eigenvalue weighted by molar-refractivity contribution is 14.1. The second-order valence-electron chi connectivity index (χ2n) is 4.47. The largest absolute Gasteiger partial charge is 0.421 e. The third-order valence-electron chi connectivity index (χ3n) is 2.86. The van der Waals surface area contributed by atoms with Gasteiger partial charge in [0, 0.05) is 17.8 Å². The number of halogens is 1. The minimum Gasteiger partial charge on any atom is -0.421 e. The van der Waals surface area contributed by atoms with Crippen molar-refractivity contribution in [2.45, 2.75) is 31.7 Å². The Labute approximate surface area is 123 Å². The molecule has 0 saturated heterocycles. The fraction of sp³-hybridized carbons (Fsp3) is 0.500. The van der Waals surface area contributed by atoms with E-state index in [0.29, 0.717) is 5.89 Å². The van der Waals surface area contributed by atoms with Gasteiger partial charge in [-0.05, 0) is 54.5 Å². The van der Waals surface area contributed by atoms with Crippen molar-refractivity contribution in [2.24, 2.45) is 0 Å². The molecular weight excluding hydrogens is 361 g/mol. The van der Waals surface area contributed by atoms with Gasteiger partial charge in [0.25, 0.3) is 0 Å². The topological polar surface area (TPSA) is 51.0 Å². The Balaban J connectivity index is 1.52. The van der Waals surface area contributed by atoms with E-state index in [1.807, 2.05) is 5.38 Å². The lowest BCUT2D eigenvalue weighted by atomic mass is 10.3. The van der Waals surface area contributed by atoms with E-state index in [4.69, 9.17) is 4.42 Å². The van der Waals surface area contributed by atoms with E-state index in [2.05, 4.69) is 44.2 Å². The van der Waals surface area contributed by atoms with E-state index in [1.165, 1.54) is 15.7 Å². The molecule has 0 unspecified atom stereocenters. The zero-order valence-electron chi connectivity index (χ0n) is 9.86. The molecule has 1 N–H and O–H groups in total. The van der Waals surface area contributed by atoms with Gasteiger partial charge in [-0.3, -0.25) is 0 Å². The molecule has 6 heteroatoms. The van der Waals surface area contributed by atoms with Gasteiger partial charge in [0.2, 0.25) is 11.8 Å². The highest BCUT2D eigenvalue weighted by Crippen LogP contribution is 2.25. The zero-order valence-corrected chi connectivity index (χ0v) is 12.8. The van der Waals surface area contributed by atoms with Crippen LogP contribution in [0.4, 0.5) is 0 Å². The average Bonchev–Trinajstić information content (AvgIpc) is 2.88. The molecule has 2 aromatic heterocycles. The molecule has 18 heavy (non-hydrogen) atoms. The van der Waals surface area contributed by atoms with Gasteiger partial charge >= 0.3 is 0 Å². The van der Waals surface area contributed by atoms with Gasteiger partial charge in [-0.1, -0.05) is 0 Å². The summed E-state index contributed by atoms with van der Waals surface area (Å²) in [5.41, 5.74) is 1.03. The summed E-state index contributed by atoms with van der Waals surface area (Å²) in [6.07, 6.45) is 4.58. The maximum Gasteiger partial charge on any atom is 0.248 e. The molecule has 0 aromatic carbocycles. The molecule has 0 aliphatic heterocycles. The first kappa shape index (κ1) is 12.6. The molecule has 4 nitrogen and oxygen atoms in total. The summed E-state index contributed by atoms with van der Waals surface area (Å²) in [4.78, 5) is 0. The maximum absolute atomic E-state index is 5.66. The smallest absolute Gasteiger partial charge is 0.248 e. The summed E-state index contributed by atoms with van der Waals surface area (Å²) in [6, 6.07) is 2.84. The number of thiophene rings is 1. The van der Waals surface area contributed by atoms with Crippen molar-refractivity contribution in [1.29, 1.82) is 0 Å². The highest BCUT2D eigenvalue weighted by Gasteiger charge is 2.19. The molecule has 0 spiro atoms. The van der Waals surface area contributed by atoms with Crippen molar-refractivity contribution in [3.8, 4) is 11.5 Å². The Hall–Kier alpha value is -0.470. The standard InChI is InChI=1S/C12H14IN3OS/c13-10-6-8(7-18-10)12-16-15-11(17-12)2-1-5-14-9-3-4-9/h6-7,9,14H,1-5H2. The minimum absolute atomic E-state index is 0.638. The Morgan fingerprint density at radius 2 is 2.33 bits per heavy atom. The quantitative estimate of drug-likeness (QED) is 0.623. The van der Waals surface area contributed by atoms with Crippen LogP contribution in [-0.2, 0) is 6.42 Å². The molecule has 1 aliphatic rings. The Bertz CT molecular complexity index is 521. The molecule has 2 aromatic rings. The average molecular weight is 375 g/mol. The van der Waals surface area contributed by atoms with Gasteiger partial charge in [-0.25, -0.2) is 0 Å². The molecule has 0 atom stereocenters.